The van der Waals surface area contributed by atoms with Crippen molar-refractivity contribution in [2.24, 2.45) is 0 Å². The second kappa shape index (κ2) is 9.30. The SMILES string of the molecule is CN1CCN(c2ccccc2C(C)(C)C)CC1.Cc1cc(C(C)(C)C)ccc1F. The van der Waals surface area contributed by atoms with Crippen LogP contribution in [0.2, 0.25) is 0 Å². The van der Waals surface area contributed by atoms with Crippen LogP contribution in [0.25, 0.3) is 0 Å². The van der Waals surface area contributed by atoms with Crippen LogP contribution in [0.3, 0.4) is 0 Å². The predicted molar refractivity (Wildman–Crippen MR) is 125 cm³/mol. The lowest BCUT2D eigenvalue weighted by molar-refractivity contribution is 0.312. The first-order valence-corrected chi connectivity index (χ1v) is 10.7. The van der Waals surface area contributed by atoms with E-state index in [1.165, 1.54) is 36.0 Å². The van der Waals surface area contributed by atoms with E-state index in [9.17, 15) is 4.39 Å². The summed E-state index contributed by atoms with van der Waals surface area (Å²) in [5.41, 5.74) is 5.12. The van der Waals surface area contributed by atoms with Gasteiger partial charge in [-0.25, -0.2) is 4.39 Å². The number of likely N-dealkylation sites (N-methyl/N-ethyl adjacent to an activating group) is 1. The van der Waals surface area contributed by atoms with Crippen LogP contribution in [0.15, 0.2) is 42.5 Å². The van der Waals surface area contributed by atoms with Gasteiger partial charge in [0.15, 0.2) is 0 Å². The van der Waals surface area contributed by atoms with Crippen molar-refractivity contribution in [2.45, 2.75) is 59.3 Å². The fourth-order valence-electron chi connectivity index (χ4n) is 3.54. The highest BCUT2D eigenvalue weighted by Gasteiger charge is 2.22. The normalized spacial score (nSPS) is 15.7. The minimum absolute atomic E-state index is 0.110. The maximum absolute atomic E-state index is 12.9. The molecule has 1 aliphatic heterocycles. The number of halogens is 1. The zero-order valence-corrected chi connectivity index (χ0v) is 19.6. The van der Waals surface area contributed by atoms with E-state index in [0.717, 1.165) is 18.7 Å². The minimum atomic E-state index is -0.122. The van der Waals surface area contributed by atoms with Crippen molar-refractivity contribution in [3.8, 4) is 0 Å². The molecule has 0 aliphatic carbocycles. The lowest BCUT2D eigenvalue weighted by Crippen LogP contribution is -2.45. The first kappa shape index (κ1) is 23.4. The van der Waals surface area contributed by atoms with Gasteiger partial charge in [-0.05, 0) is 53.6 Å². The van der Waals surface area contributed by atoms with Crippen LogP contribution in [0.1, 0.15) is 58.2 Å². The van der Waals surface area contributed by atoms with Gasteiger partial charge in [0, 0.05) is 31.9 Å². The molecule has 3 heteroatoms. The smallest absolute Gasteiger partial charge is 0.126 e. The number of nitrogens with zero attached hydrogens (tertiary/aromatic N) is 2. The van der Waals surface area contributed by atoms with Gasteiger partial charge in [-0.2, -0.15) is 0 Å². The molecule has 160 valence electrons. The Balaban J connectivity index is 0.000000221. The molecule has 3 rings (SSSR count). The van der Waals surface area contributed by atoms with Crippen LogP contribution >= 0.6 is 0 Å². The summed E-state index contributed by atoms with van der Waals surface area (Å²) in [6.07, 6.45) is 0. The molecule has 2 aromatic rings. The van der Waals surface area contributed by atoms with Gasteiger partial charge in [-0.3, -0.25) is 0 Å². The number of benzene rings is 2. The number of para-hydroxylation sites is 1. The highest BCUT2D eigenvalue weighted by molar-refractivity contribution is 5.56. The fraction of sp³-hybridized carbons (Fsp3) is 0.538. The standard InChI is InChI=1S/C15H24N2.C11H15F/c1-15(2,3)13-7-5-6-8-14(13)17-11-9-16(4)10-12-17;1-8-7-9(11(2,3)4)5-6-10(8)12/h5-8H,9-12H2,1-4H3;5-7H,1-4H3. The monoisotopic (exact) mass is 398 g/mol. The van der Waals surface area contributed by atoms with Crippen LogP contribution < -0.4 is 4.90 Å². The number of aryl methyl sites for hydroxylation is 1. The summed E-state index contributed by atoms with van der Waals surface area (Å²) in [6.45, 7) is 19.7. The van der Waals surface area contributed by atoms with Crippen molar-refractivity contribution in [2.75, 3.05) is 38.1 Å². The summed E-state index contributed by atoms with van der Waals surface area (Å²) in [6, 6.07) is 14.1. The number of rotatable bonds is 1. The lowest BCUT2D eigenvalue weighted by Gasteiger charge is -2.37. The molecule has 29 heavy (non-hydrogen) atoms. The van der Waals surface area contributed by atoms with Crippen molar-refractivity contribution in [1.82, 2.24) is 4.90 Å². The lowest BCUT2D eigenvalue weighted by atomic mass is 9.85. The first-order chi connectivity index (χ1) is 13.4. The molecule has 0 radical (unpaired) electrons. The summed E-state index contributed by atoms with van der Waals surface area (Å²) >= 11 is 0. The van der Waals surface area contributed by atoms with Crippen molar-refractivity contribution in [3.05, 3.63) is 65.0 Å². The molecular formula is C26H39FN2. The van der Waals surface area contributed by atoms with E-state index >= 15 is 0 Å². The van der Waals surface area contributed by atoms with Gasteiger partial charge in [-0.1, -0.05) is 71.9 Å². The maximum atomic E-state index is 12.9. The Labute approximate surface area is 177 Å². The van der Waals surface area contributed by atoms with Crippen molar-refractivity contribution in [3.63, 3.8) is 0 Å². The predicted octanol–water partition coefficient (Wildman–Crippen LogP) is 6.17. The van der Waals surface area contributed by atoms with Gasteiger partial charge in [0.1, 0.15) is 5.82 Å². The summed E-state index contributed by atoms with van der Waals surface area (Å²) in [7, 11) is 2.20. The van der Waals surface area contributed by atoms with E-state index in [2.05, 4.69) is 82.7 Å². The van der Waals surface area contributed by atoms with Gasteiger partial charge < -0.3 is 9.80 Å². The average molecular weight is 399 g/mol. The maximum Gasteiger partial charge on any atom is 0.126 e. The second-order valence-electron chi connectivity index (χ2n) is 10.3. The molecule has 0 aromatic heterocycles. The van der Waals surface area contributed by atoms with Crippen LogP contribution in [0, 0.1) is 12.7 Å². The van der Waals surface area contributed by atoms with Gasteiger partial charge >= 0.3 is 0 Å². The molecule has 0 unspecified atom stereocenters. The number of anilines is 1. The summed E-state index contributed by atoms with van der Waals surface area (Å²) < 4.78 is 12.9. The molecule has 0 amide bonds. The third-order valence-corrected chi connectivity index (χ3v) is 5.58. The van der Waals surface area contributed by atoms with Gasteiger partial charge in [0.05, 0.1) is 0 Å². The third-order valence-electron chi connectivity index (χ3n) is 5.58. The van der Waals surface area contributed by atoms with Crippen molar-refractivity contribution in [1.29, 1.82) is 0 Å². The minimum Gasteiger partial charge on any atom is -0.369 e. The van der Waals surface area contributed by atoms with Crippen molar-refractivity contribution >= 4 is 5.69 Å². The summed E-state index contributed by atoms with van der Waals surface area (Å²) in [5, 5.41) is 0. The number of hydrogen-bond donors (Lipinski definition) is 0. The van der Waals surface area contributed by atoms with E-state index in [1.54, 1.807) is 6.92 Å². The van der Waals surface area contributed by atoms with Crippen LogP contribution in [-0.4, -0.2) is 38.1 Å². The zero-order valence-electron chi connectivity index (χ0n) is 19.6. The number of piperazine rings is 1. The van der Waals surface area contributed by atoms with E-state index in [4.69, 9.17) is 0 Å². The Hall–Kier alpha value is -1.87. The molecule has 2 aromatic carbocycles. The van der Waals surface area contributed by atoms with E-state index in [1.807, 2.05) is 12.1 Å². The summed E-state index contributed by atoms with van der Waals surface area (Å²) in [5.74, 6) is -0.122. The molecule has 0 spiro atoms. The van der Waals surface area contributed by atoms with E-state index in [0.29, 0.717) is 0 Å². The quantitative estimate of drug-likeness (QED) is 0.567. The molecule has 0 bridgehead atoms. The van der Waals surface area contributed by atoms with Crippen LogP contribution in [-0.2, 0) is 10.8 Å². The molecule has 2 nitrogen and oxygen atoms in total. The third kappa shape index (κ3) is 6.57. The first-order valence-electron chi connectivity index (χ1n) is 10.7. The molecule has 0 N–H and O–H groups in total. The Morgan fingerprint density at radius 2 is 1.38 bits per heavy atom. The Morgan fingerprint density at radius 3 is 1.90 bits per heavy atom. The second-order valence-corrected chi connectivity index (χ2v) is 10.3. The Morgan fingerprint density at radius 1 is 0.793 bits per heavy atom. The largest absolute Gasteiger partial charge is 0.369 e. The van der Waals surface area contributed by atoms with Crippen molar-refractivity contribution < 1.29 is 4.39 Å². The van der Waals surface area contributed by atoms with Crippen LogP contribution in [0.5, 0.6) is 0 Å². The molecule has 1 fully saturated rings. The Kier molecular flexibility index (Phi) is 7.50. The van der Waals surface area contributed by atoms with E-state index < -0.39 is 0 Å². The van der Waals surface area contributed by atoms with Crippen LogP contribution in [0.4, 0.5) is 10.1 Å². The highest BCUT2D eigenvalue weighted by Crippen LogP contribution is 2.32. The average Bonchev–Trinajstić information content (AvgIpc) is 2.63. The summed E-state index contributed by atoms with van der Waals surface area (Å²) in [4.78, 5) is 4.93. The molecular weight excluding hydrogens is 359 g/mol. The van der Waals surface area contributed by atoms with Gasteiger partial charge in [0.25, 0.3) is 0 Å². The van der Waals surface area contributed by atoms with Gasteiger partial charge in [0.2, 0.25) is 0 Å². The molecule has 0 saturated carbocycles. The Bertz CT molecular complexity index is 791. The highest BCUT2D eigenvalue weighted by atomic mass is 19.1. The topological polar surface area (TPSA) is 6.48 Å². The molecule has 1 aliphatic rings. The molecule has 1 heterocycles. The van der Waals surface area contributed by atoms with E-state index in [-0.39, 0.29) is 16.6 Å². The van der Waals surface area contributed by atoms with Gasteiger partial charge in [-0.15, -0.1) is 0 Å². The zero-order chi connectivity index (χ0) is 21.8. The molecule has 1 saturated heterocycles. The molecule has 0 atom stereocenters. The number of hydrogen-bond acceptors (Lipinski definition) is 2. The fourth-order valence-corrected chi connectivity index (χ4v) is 3.54.